The highest BCUT2D eigenvalue weighted by Gasteiger charge is 2.54. The Balaban J connectivity index is 2.21. The van der Waals surface area contributed by atoms with E-state index in [1.165, 1.54) is 25.7 Å². The molecule has 0 aliphatic heterocycles. The van der Waals surface area contributed by atoms with Crippen molar-refractivity contribution in [2.45, 2.75) is 60.3 Å². The standard InChI is InChI=1S/C14H26/c1-6-14(5)9-12-8-11(7-10(14)2)13(12,3)4/h10-12H,6-9H2,1-5H3. The Hall–Kier alpha value is 0. The van der Waals surface area contributed by atoms with E-state index in [-0.39, 0.29) is 0 Å². The quantitative estimate of drug-likeness (QED) is 0.577. The number of hydrogen-bond acceptors (Lipinski definition) is 0. The number of rotatable bonds is 1. The van der Waals surface area contributed by atoms with Crippen molar-refractivity contribution in [3.8, 4) is 0 Å². The minimum atomic E-state index is 0.632. The maximum atomic E-state index is 2.52. The SMILES string of the molecule is CCC1(C)CC2CC(CC1C)C2(C)C. The van der Waals surface area contributed by atoms with Crippen molar-refractivity contribution in [1.29, 1.82) is 0 Å². The molecule has 0 heteroatoms. The summed E-state index contributed by atoms with van der Waals surface area (Å²) in [5.41, 5.74) is 1.29. The van der Waals surface area contributed by atoms with Gasteiger partial charge in [0.15, 0.2) is 0 Å². The molecule has 3 aliphatic rings. The van der Waals surface area contributed by atoms with Gasteiger partial charge in [0.1, 0.15) is 0 Å². The molecule has 0 saturated heterocycles. The fourth-order valence-corrected chi connectivity index (χ4v) is 3.84. The maximum Gasteiger partial charge on any atom is -0.0297 e. The summed E-state index contributed by atoms with van der Waals surface area (Å²) in [4.78, 5) is 0. The topological polar surface area (TPSA) is 0 Å². The summed E-state index contributed by atoms with van der Waals surface area (Å²) in [7, 11) is 0. The summed E-state index contributed by atoms with van der Waals surface area (Å²) in [6, 6.07) is 0. The molecule has 3 rings (SSSR count). The molecule has 0 amide bonds. The average Bonchev–Trinajstić information content (AvgIpc) is 2.31. The fraction of sp³-hybridized carbons (Fsp3) is 1.00. The molecule has 4 atom stereocenters. The van der Waals surface area contributed by atoms with Gasteiger partial charge in [0.05, 0.1) is 0 Å². The molecule has 82 valence electrons. The monoisotopic (exact) mass is 194 g/mol. The lowest BCUT2D eigenvalue weighted by atomic mass is 9.53. The highest BCUT2D eigenvalue weighted by molar-refractivity contribution is 5.03. The predicted octanol–water partition coefficient (Wildman–Crippen LogP) is 4.49. The molecule has 14 heavy (non-hydrogen) atoms. The zero-order chi connectivity index (χ0) is 10.6. The Labute approximate surface area is 89.5 Å². The van der Waals surface area contributed by atoms with Crippen LogP contribution in [-0.4, -0.2) is 0 Å². The molecule has 0 spiro atoms. The van der Waals surface area contributed by atoms with E-state index in [0.29, 0.717) is 10.8 Å². The third-order valence-corrected chi connectivity index (χ3v) is 6.02. The van der Waals surface area contributed by atoms with Crippen molar-refractivity contribution in [3.63, 3.8) is 0 Å². The van der Waals surface area contributed by atoms with E-state index in [1.54, 1.807) is 0 Å². The molecule has 0 aromatic heterocycles. The van der Waals surface area contributed by atoms with E-state index in [0.717, 1.165) is 17.8 Å². The third-order valence-electron chi connectivity index (χ3n) is 6.02. The lowest BCUT2D eigenvalue weighted by Crippen LogP contribution is -2.43. The first kappa shape index (κ1) is 10.5. The first-order chi connectivity index (χ1) is 6.40. The molecule has 0 heterocycles. The van der Waals surface area contributed by atoms with Crippen molar-refractivity contribution in [2.24, 2.45) is 28.6 Å². The van der Waals surface area contributed by atoms with E-state index >= 15 is 0 Å². The van der Waals surface area contributed by atoms with Crippen LogP contribution in [0.2, 0.25) is 0 Å². The van der Waals surface area contributed by atoms with Crippen molar-refractivity contribution < 1.29 is 0 Å². The number of hydrogen-bond donors (Lipinski definition) is 0. The van der Waals surface area contributed by atoms with E-state index in [2.05, 4.69) is 34.6 Å². The molecule has 0 N–H and O–H groups in total. The highest BCUT2D eigenvalue weighted by atomic mass is 14.6. The van der Waals surface area contributed by atoms with Gasteiger partial charge in [0.25, 0.3) is 0 Å². The van der Waals surface area contributed by atoms with Crippen molar-refractivity contribution in [2.75, 3.05) is 0 Å². The molecular weight excluding hydrogens is 168 g/mol. The van der Waals surface area contributed by atoms with Gasteiger partial charge in [0.2, 0.25) is 0 Å². The van der Waals surface area contributed by atoms with Crippen LogP contribution < -0.4 is 0 Å². The minimum absolute atomic E-state index is 0.632. The van der Waals surface area contributed by atoms with Crippen molar-refractivity contribution in [3.05, 3.63) is 0 Å². The van der Waals surface area contributed by atoms with Crippen LogP contribution in [0.15, 0.2) is 0 Å². The Morgan fingerprint density at radius 2 is 1.71 bits per heavy atom. The van der Waals surface area contributed by atoms with Gasteiger partial charge in [-0.2, -0.15) is 0 Å². The van der Waals surface area contributed by atoms with Gasteiger partial charge < -0.3 is 0 Å². The lowest BCUT2D eigenvalue weighted by Gasteiger charge is -2.52. The second kappa shape index (κ2) is 3.00. The average molecular weight is 194 g/mol. The highest BCUT2D eigenvalue weighted by Crippen LogP contribution is 2.63. The zero-order valence-electron chi connectivity index (χ0n) is 10.6. The Bertz CT molecular complexity index is 228. The molecule has 0 aromatic carbocycles. The van der Waals surface area contributed by atoms with Crippen LogP contribution in [0.25, 0.3) is 0 Å². The zero-order valence-corrected chi connectivity index (χ0v) is 10.6. The second-order valence-corrected chi connectivity index (χ2v) is 6.80. The van der Waals surface area contributed by atoms with Gasteiger partial charge in [-0.05, 0) is 47.8 Å². The maximum absolute atomic E-state index is 2.52. The predicted molar refractivity (Wildman–Crippen MR) is 62.2 cm³/mol. The van der Waals surface area contributed by atoms with E-state index < -0.39 is 0 Å². The summed E-state index contributed by atoms with van der Waals surface area (Å²) < 4.78 is 0. The lowest BCUT2D eigenvalue weighted by molar-refractivity contribution is -0.0224. The van der Waals surface area contributed by atoms with Crippen LogP contribution in [0.5, 0.6) is 0 Å². The summed E-state index contributed by atoms with van der Waals surface area (Å²) in [5.74, 6) is 2.97. The van der Waals surface area contributed by atoms with E-state index in [4.69, 9.17) is 0 Å². The molecule has 2 bridgehead atoms. The smallest absolute Gasteiger partial charge is 0.0297 e. The van der Waals surface area contributed by atoms with Crippen LogP contribution in [0.3, 0.4) is 0 Å². The van der Waals surface area contributed by atoms with Crippen molar-refractivity contribution in [1.82, 2.24) is 0 Å². The molecular formula is C14H26. The van der Waals surface area contributed by atoms with Crippen LogP contribution in [0.1, 0.15) is 60.3 Å². The first-order valence-electron chi connectivity index (χ1n) is 6.40. The van der Waals surface area contributed by atoms with Gasteiger partial charge in [-0.3, -0.25) is 0 Å². The summed E-state index contributed by atoms with van der Waals surface area (Å²) in [6.07, 6.45) is 5.85. The summed E-state index contributed by atoms with van der Waals surface area (Å²) >= 11 is 0. The minimum Gasteiger partial charge on any atom is -0.0649 e. The van der Waals surface area contributed by atoms with Gasteiger partial charge in [-0.25, -0.2) is 0 Å². The Morgan fingerprint density at radius 1 is 1.07 bits per heavy atom. The molecule has 3 saturated carbocycles. The normalized spacial score (nSPS) is 50.8. The van der Waals surface area contributed by atoms with Crippen LogP contribution in [-0.2, 0) is 0 Å². The van der Waals surface area contributed by atoms with Crippen molar-refractivity contribution >= 4 is 0 Å². The molecule has 0 radical (unpaired) electrons. The molecule has 0 nitrogen and oxygen atoms in total. The van der Waals surface area contributed by atoms with Gasteiger partial charge in [-0.1, -0.05) is 41.0 Å². The third kappa shape index (κ3) is 1.26. The molecule has 3 aliphatic carbocycles. The van der Waals surface area contributed by atoms with Crippen LogP contribution in [0, 0.1) is 28.6 Å². The van der Waals surface area contributed by atoms with Crippen LogP contribution >= 0.6 is 0 Å². The van der Waals surface area contributed by atoms with E-state index in [9.17, 15) is 0 Å². The molecule has 0 aromatic rings. The Morgan fingerprint density at radius 3 is 2.21 bits per heavy atom. The second-order valence-electron chi connectivity index (χ2n) is 6.80. The largest absolute Gasteiger partial charge is 0.0649 e. The van der Waals surface area contributed by atoms with Gasteiger partial charge in [-0.15, -0.1) is 0 Å². The van der Waals surface area contributed by atoms with E-state index in [1.807, 2.05) is 0 Å². The number of fused-ring (bicyclic) bond motifs is 3. The molecule has 3 fully saturated rings. The first-order valence-corrected chi connectivity index (χ1v) is 6.40. The summed E-state index contributed by atoms with van der Waals surface area (Å²) in [6.45, 7) is 12.4. The fourth-order valence-electron chi connectivity index (χ4n) is 3.84. The van der Waals surface area contributed by atoms with Crippen LogP contribution in [0.4, 0.5) is 0 Å². The summed E-state index contributed by atoms with van der Waals surface area (Å²) in [5, 5.41) is 0. The molecule has 4 unspecified atom stereocenters. The van der Waals surface area contributed by atoms with Gasteiger partial charge >= 0.3 is 0 Å². The van der Waals surface area contributed by atoms with Gasteiger partial charge in [0, 0.05) is 0 Å². The Kier molecular flexibility index (Phi) is 2.25.